The highest BCUT2D eigenvalue weighted by Crippen LogP contribution is 2.26. The fourth-order valence-corrected chi connectivity index (χ4v) is 2.54. The summed E-state index contributed by atoms with van der Waals surface area (Å²) in [6, 6.07) is 10.2. The molecule has 0 aromatic heterocycles. The van der Waals surface area contributed by atoms with Gasteiger partial charge in [-0.25, -0.2) is 0 Å². The van der Waals surface area contributed by atoms with E-state index in [4.69, 9.17) is 32.7 Å². The van der Waals surface area contributed by atoms with Crippen molar-refractivity contribution in [3.63, 3.8) is 0 Å². The average Bonchev–Trinajstić information content (AvgIpc) is 2.61. The van der Waals surface area contributed by atoms with Crippen molar-refractivity contribution in [2.45, 2.75) is 26.4 Å². The zero-order valence-electron chi connectivity index (χ0n) is 14.3. The number of unbranched alkanes of at least 4 members (excludes halogenated alkanes) is 1. The van der Waals surface area contributed by atoms with Gasteiger partial charge in [0.15, 0.2) is 0 Å². The molecule has 1 amide bonds. The third-order valence-corrected chi connectivity index (χ3v) is 4.36. The van der Waals surface area contributed by atoms with Crippen LogP contribution < -0.4 is 10.1 Å². The van der Waals surface area contributed by atoms with Crippen LogP contribution in [0, 0.1) is 0 Å². The van der Waals surface area contributed by atoms with Crippen molar-refractivity contribution in [3.8, 4) is 5.75 Å². The molecular weight excluding hydrogens is 361 g/mol. The number of anilines is 1. The first-order valence-corrected chi connectivity index (χ1v) is 8.81. The van der Waals surface area contributed by atoms with Gasteiger partial charge < -0.3 is 14.8 Å². The van der Waals surface area contributed by atoms with E-state index in [-0.39, 0.29) is 5.91 Å². The summed E-state index contributed by atoms with van der Waals surface area (Å²) in [7, 11) is 1.60. The highest BCUT2D eigenvalue weighted by molar-refractivity contribution is 6.42. The highest BCUT2D eigenvalue weighted by Gasteiger charge is 2.11. The van der Waals surface area contributed by atoms with Gasteiger partial charge >= 0.3 is 0 Å². The Hall–Kier alpha value is -1.75. The molecule has 0 atom stereocenters. The topological polar surface area (TPSA) is 47.6 Å². The highest BCUT2D eigenvalue weighted by atomic mass is 35.5. The van der Waals surface area contributed by atoms with E-state index in [9.17, 15) is 4.79 Å². The molecule has 134 valence electrons. The predicted molar refractivity (Wildman–Crippen MR) is 102 cm³/mol. The van der Waals surface area contributed by atoms with Crippen molar-refractivity contribution in [1.29, 1.82) is 0 Å². The van der Waals surface area contributed by atoms with Crippen LogP contribution in [0.3, 0.4) is 0 Å². The van der Waals surface area contributed by atoms with Gasteiger partial charge in [-0.2, -0.15) is 0 Å². The third kappa shape index (κ3) is 5.63. The number of methoxy groups -OCH3 is 1. The van der Waals surface area contributed by atoms with E-state index in [1.165, 1.54) is 0 Å². The first-order chi connectivity index (χ1) is 12.0. The molecule has 0 aliphatic rings. The molecule has 0 spiro atoms. The van der Waals surface area contributed by atoms with Gasteiger partial charge in [0.05, 0.1) is 23.8 Å². The van der Waals surface area contributed by atoms with Gasteiger partial charge in [0.25, 0.3) is 5.91 Å². The van der Waals surface area contributed by atoms with Gasteiger partial charge in [0.1, 0.15) is 5.75 Å². The zero-order valence-corrected chi connectivity index (χ0v) is 15.8. The molecule has 0 aliphatic heterocycles. The first-order valence-electron chi connectivity index (χ1n) is 8.06. The Morgan fingerprint density at radius 3 is 2.60 bits per heavy atom. The first kappa shape index (κ1) is 19.6. The number of carbonyl (C=O) groups excluding carboxylic acids is 1. The van der Waals surface area contributed by atoms with E-state index < -0.39 is 0 Å². The Kier molecular flexibility index (Phi) is 7.56. The smallest absolute Gasteiger partial charge is 0.255 e. The lowest BCUT2D eigenvalue weighted by molar-refractivity contribution is 0.102. The molecule has 0 unspecified atom stereocenters. The van der Waals surface area contributed by atoms with Gasteiger partial charge in [0.2, 0.25) is 0 Å². The zero-order chi connectivity index (χ0) is 18.2. The number of ether oxygens (including phenoxy) is 2. The Labute approximate surface area is 158 Å². The van der Waals surface area contributed by atoms with Crippen LogP contribution in [0.1, 0.15) is 35.7 Å². The molecule has 4 nitrogen and oxygen atoms in total. The van der Waals surface area contributed by atoms with E-state index in [2.05, 4.69) is 12.2 Å². The lowest BCUT2D eigenvalue weighted by Gasteiger charge is -2.12. The van der Waals surface area contributed by atoms with Crippen LogP contribution >= 0.6 is 23.2 Å². The molecule has 0 saturated carbocycles. The molecular formula is C19H21Cl2NO3. The summed E-state index contributed by atoms with van der Waals surface area (Å²) in [4.78, 5) is 12.5. The molecule has 0 heterocycles. The largest absolute Gasteiger partial charge is 0.496 e. The van der Waals surface area contributed by atoms with E-state index in [0.29, 0.717) is 40.3 Å². The molecule has 6 heteroatoms. The predicted octanol–water partition coefficient (Wildman–Crippen LogP) is 5.57. The van der Waals surface area contributed by atoms with Gasteiger partial charge in [-0.1, -0.05) is 36.5 Å². The summed E-state index contributed by atoms with van der Waals surface area (Å²) in [5.74, 6) is 0.457. The number of nitrogens with one attached hydrogen (secondary N) is 1. The van der Waals surface area contributed by atoms with Crippen molar-refractivity contribution in [2.24, 2.45) is 0 Å². The summed E-state index contributed by atoms with van der Waals surface area (Å²) in [6.45, 7) is 3.19. The average molecular weight is 382 g/mol. The number of hydrogen-bond donors (Lipinski definition) is 1. The lowest BCUT2D eigenvalue weighted by atomic mass is 10.1. The Balaban J connectivity index is 2.11. The van der Waals surface area contributed by atoms with Gasteiger partial charge in [0, 0.05) is 23.4 Å². The van der Waals surface area contributed by atoms with Crippen LogP contribution in [0.4, 0.5) is 5.69 Å². The lowest BCUT2D eigenvalue weighted by Crippen LogP contribution is -2.12. The molecule has 0 saturated heterocycles. The van der Waals surface area contributed by atoms with Crippen molar-refractivity contribution in [2.75, 3.05) is 19.0 Å². The quantitative estimate of drug-likeness (QED) is 0.607. The van der Waals surface area contributed by atoms with Gasteiger partial charge in [-0.05, 0) is 42.8 Å². The maximum absolute atomic E-state index is 12.5. The number of hydrogen-bond acceptors (Lipinski definition) is 3. The Bertz CT molecular complexity index is 735. The summed E-state index contributed by atoms with van der Waals surface area (Å²) >= 11 is 11.9. The molecule has 2 aromatic carbocycles. The second-order valence-electron chi connectivity index (χ2n) is 5.52. The number of carbonyl (C=O) groups is 1. The van der Waals surface area contributed by atoms with Crippen LogP contribution in [-0.2, 0) is 11.3 Å². The molecule has 0 fully saturated rings. The summed E-state index contributed by atoms with van der Waals surface area (Å²) in [6.07, 6.45) is 2.07. The standard InChI is InChI=1S/C19H21Cl2NO3/c1-3-4-9-25-12-14-10-13(5-8-18(14)24-2)19(23)22-15-6-7-16(20)17(21)11-15/h5-8,10-11H,3-4,9,12H2,1-2H3,(H,22,23). The Morgan fingerprint density at radius 2 is 1.92 bits per heavy atom. The number of amides is 1. The fraction of sp³-hybridized carbons (Fsp3) is 0.316. The van der Waals surface area contributed by atoms with Crippen LogP contribution in [0.25, 0.3) is 0 Å². The minimum atomic E-state index is -0.240. The number of rotatable bonds is 8. The minimum Gasteiger partial charge on any atom is -0.496 e. The third-order valence-electron chi connectivity index (χ3n) is 3.62. The maximum atomic E-state index is 12.5. The van der Waals surface area contributed by atoms with Gasteiger partial charge in [-0.15, -0.1) is 0 Å². The molecule has 2 aromatic rings. The van der Waals surface area contributed by atoms with E-state index in [0.717, 1.165) is 18.4 Å². The Morgan fingerprint density at radius 1 is 1.12 bits per heavy atom. The van der Waals surface area contributed by atoms with Crippen LogP contribution in [0.5, 0.6) is 5.75 Å². The number of benzene rings is 2. The fourth-order valence-electron chi connectivity index (χ4n) is 2.24. The molecule has 0 aliphatic carbocycles. The summed E-state index contributed by atoms with van der Waals surface area (Å²) < 4.78 is 11.0. The van der Waals surface area contributed by atoms with Crippen molar-refractivity contribution >= 4 is 34.8 Å². The molecule has 0 bridgehead atoms. The summed E-state index contributed by atoms with van der Waals surface area (Å²) in [5.41, 5.74) is 1.93. The van der Waals surface area contributed by atoms with E-state index in [1.807, 2.05) is 0 Å². The second-order valence-corrected chi connectivity index (χ2v) is 6.33. The molecule has 1 N–H and O–H groups in total. The SMILES string of the molecule is CCCCOCc1cc(C(=O)Nc2ccc(Cl)c(Cl)c2)ccc1OC. The van der Waals surface area contributed by atoms with Gasteiger partial charge in [-0.3, -0.25) is 4.79 Å². The molecule has 25 heavy (non-hydrogen) atoms. The van der Waals surface area contributed by atoms with Crippen molar-refractivity contribution in [1.82, 2.24) is 0 Å². The van der Waals surface area contributed by atoms with Crippen molar-refractivity contribution in [3.05, 3.63) is 57.6 Å². The normalized spacial score (nSPS) is 10.6. The van der Waals surface area contributed by atoms with Crippen molar-refractivity contribution < 1.29 is 14.3 Å². The van der Waals surface area contributed by atoms with Crippen LogP contribution in [0.15, 0.2) is 36.4 Å². The van der Waals surface area contributed by atoms with Crippen LogP contribution in [0.2, 0.25) is 10.0 Å². The van der Waals surface area contributed by atoms with E-state index >= 15 is 0 Å². The molecule has 0 radical (unpaired) electrons. The van der Waals surface area contributed by atoms with E-state index in [1.54, 1.807) is 43.5 Å². The van der Waals surface area contributed by atoms with Crippen LogP contribution in [-0.4, -0.2) is 19.6 Å². The second kappa shape index (κ2) is 9.66. The maximum Gasteiger partial charge on any atom is 0.255 e. The summed E-state index contributed by atoms with van der Waals surface area (Å²) in [5, 5.41) is 3.63. The molecule has 2 rings (SSSR count). The minimum absolute atomic E-state index is 0.240. The number of halogens is 2. The monoisotopic (exact) mass is 381 g/mol.